The van der Waals surface area contributed by atoms with Gasteiger partial charge in [-0.15, -0.1) is 0 Å². The van der Waals surface area contributed by atoms with E-state index in [1.165, 1.54) is 0 Å². The lowest BCUT2D eigenvalue weighted by molar-refractivity contribution is 0.0602. The summed E-state index contributed by atoms with van der Waals surface area (Å²) in [7, 11) is 1.84. The Kier molecular flexibility index (Phi) is 5.41. The van der Waals surface area contributed by atoms with E-state index in [0.717, 1.165) is 24.0 Å². The summed E-state index contributed by atoms with van der Waals surface area (Å²) < 4.78 is 5.01. The van der Waals surface area contributed by atoms with Crippen LogP contribution in [-0.2, 0) is 4.74 Å². The first-order valence-corrected chi connectivity index (χ1v) is 7.78. The van der Waals surface area contributed by atoms with E-state index in [1.54, 1.807) is 16.7 Å². The van der Waals surface area contributed by atoms with Crippen molar-refractivity contribution in [3.05, 3.63) is 35.4 Å². The van der Waals surface area contributed by atoms with Crippen molar-refractivity contribution in [1.82, 2.24) is 9.80 Å². The van der Waals surface area contributed by atoms with Gasteiger partial charge in [0, 0.05) is 31.7 Å². The zero-order chi connectivity index (χ0) is 16.1. The lowest BCUT2D eigenvalue weighted by Crippen LogP contribution is -2.47. The van der Waals surface area contributed by atoms with E-state index in [1.807, 2.05) is 38.2 Å². The summed E-state index contributed by atoms with van der Waals surface area (Å²) >= 11 is 0. The molecule has 1 aromatic rings. The van der Waals surface area contributed by atoms with Crippen molar-refractivity contribution in [3.63, 3.8) is 0 Å². The van der Waals surface area contributed by atoms with Crippen LogP contribution in [0.4, 0.5) is 4.79 Å². The van der Waals surface area contributed by atoms with Crippen LogP contribution in [-0.4, -0.2) is 54.6 Å². The van der Waals surface area contributed by atoms with Crippen LogP contribution in [0.5, 0.6) is 0 Å². The second kappa shape index (κ2) is 7.29. The van der Waals surface area contributed by atoms with Crippen LogP contribution in [0.15, 0.2) is 24.3 Å². The third-order valence-corrected chi connectivity index (χ3v) is 4.12. The molecule has 0 atom stereocenters. The second-order valence-electron chi connectivity index (χ2n) is 5.70. The van der Waals surface area contributed by atoms with Gasteiger partial charge in [-0.25, -0.2) is 4.79 Å². The molecule has 2 amide bonds. The summed E-state index contributed by atoms with van der Waals surface area (Å²) in [4.78, 5) is 27.7. The van der Waals surface area contributed by atoms with Crippen molar-refractivity contribution in [3.8, 4) is 0 Å². The minimum atomic E-state index is -0.256. The number of hydrogen-bond acceptors (Lipinski definition) is 3. The number of aryl methyl sites for hydroxylation is 1. The van der Waals surface area contributed by atoms with Crippen molar-refractivity contribution in [2.24, 2.45) is 0 Å². The van der Waals surface area contributed by atoms with Crippen LogP contribution in [0.25, 0.3) is 0 Å². The fourth-order valence-corrected chi connectivity index (χ4v) is 2.80. The first-order chi connectivity index (χ1) is 10.5. The second-order valence-corrected chi connectivity index (χ2v) is 5.70. The van der Waals surface area contributed by atoms with Crippen molar-refractivity contribution in [2.45, 2.75) is 32.7 Å². The molecule has 0 aromatic heterocycles. The molecule has 2 rings (SSSR count). The average Bonchev–Trinajstić information content (AvgIpc) is 2.54. The average molecular weight is 304 g/mol. The molecule has 1 heterocycles. The number of hydrogen-bond donors (Lipinski definition) is 0. The van der Waals surface area contributed by atoms with Crippen molar-refractivity contribution < 1.29 is 14.3 Å². The smallest absolute Gasteiger partial charge is 0.409 e. The maximum absolute atomic E-state index is 12.5. The van der Waals surface area contributed by atoms with Gasteiger partial charge in [0.2, 0.25) is 0 Å². The third kappa shape index (κ3) is 3.78. The molecular weight excluding hydrogens is 280 g/mol. The first-order valence-electron chi connectivity index (χ1n) is 7.78. The van der Waals surface area contributed by atoms with E-state index in [4.69, 9.17) is 4.74 Å². The standard InChI is InChI=1S/C17H24N2O3/c1-4-22-17(21)19-10-8-15(9-11-19)18(3)16(20)14-7-5-6-13(2)12-14/h5-7,12,15H,4,8-11H2,1-3H3. The Hall–Kier alpha value is -2.04. The summed E-state index contributed by atoms with van der Waals surface area (Å²) in [5, 5.41) is 0. The van der Waals surface area contributed by atoms with Gasteiger partial charge in [-0.3, -0.25) is 4.79 Å². The SMILES string of the molecule is CCOC(=O)N1CCC(N(C)C(=O)c2cccc(C)c2)CC1. The number of ether oxygens (including phenoxy) is 1. The molecule has 0 saturated carbocycles. The molecule has 0 aliphatic carbocycles. The third-order valence-electron chi connectivity index (χ3n) is 4.12. The Morgan fingerprint density at radius 1 is 1.32 bits per heavy atom. The predicted octanol–water partition coefficient (Wildman–Crippen LogP) is 2.69. The van der Waals surface area contributed by atoms with Crippen molar-refractivity contribution in [2.75, 3.05) is 26.7 Å². The number of benzene rings is 1. The lowest BCUT2D eigenvalue weighted by atomic mass is 10.0. The van der Waals surface area contributed by atoms with Crippen LogP contribution >= 0.6 is 0 Å². The molecule has 22 heavy (non-hydrogen) atoms. The van der Waals surface area contributed by atoms with Crippen LogP contribution < -0.4 is 0 Å². The van der Waals surface area contributed by atoms with E-state index in [2.05, 4.69) is 0 Å². The molecule has 0 radical (unpaired) electrons. The molecule has 1 aliphatic rings. The quantitative estimate of drug-likeness (QED) is 0.862. The Morgan fingerprint density at radius 2 is 2.00 bits per heavy atom. The number of carbonyl (C=O) groups excluding carboxylic acids is 2. The van der Waals surface area contributed by atoms with Crippen LogP contribution in [0.3, 0.4) is 0 Å². The molecule has 0 bridgehead atoms. The number of likely N-dealkylation sites (tertiary alicyclic amines) is 1. The highest BCUT2D eigenvalue weighted by molar-refractivity contribution is 5.94. The van der Waals surface area contributed by atoms with Gasteiger partial charge < -0.3 is 14.5 Å². The van der Waals surface area contributed by atoms with Gasteiger partial charge in [-0.2, -0.15) is 0 Å². The van der Waals surface area contributed by atoms with E-state index >= 15 is 0 Å². The summed E-state index contributed by atoms with van der Waals surface area (Å²) in [6.07, 6.45) is 1.31. The van der Waals surface area contributed by atoms with Gasteiger partial charge >= 0.3 is 6.09 Å². The molecule has 5 heteroatoms. The molecule has 1 aromatic carbocycles. The Bertz CT molecular complexity index is 536. The van der Waals surface area contributed by atoms with E-state index in [9.17, 15) is 9.59 Å². The van der Waals surface area contributed by atoms with Crippen LogP contribution in [0, 0.1) is 6.92 Å². The fourth-order valence-electron chi connectivity index (χ4n) is 2.80. The number of rotatable bonds is 3. The van der Waals surface area contributed by atoms with Crippen molar-refractivity contribution >= 4 is 12.0 Å². The molecule has 120 valence electrons. The van der Waals surface area contributed by atoms with E-state index in [-0.39, 0.29) is 18.0 Å². The molecule has 1 fully saturated rings. The normalized spacial score (nSPS) is 15.5. The van der Waals surface area contributed by atoms with Gasteiger partial charge in [-0.1, -0.05) is 17.7 Å². The summed E-state index contributed by atoms with van der Waals surface area (Å²) in [5.74, 6) is 0.0401. The molecular formula is C17H24N2O3. The number of amides is 2. The minimum Gasteiger partial charge on any atom is -0.450 e. The monoisotopic (exact) mass is 304 g/mol. The Morgan fingerprint density at radius 3 is 2.59 bits per heavy atom. The molecule has 0 unspecified atom stereocenters. The zero-order valence-corrected chi connectivity index (χ0v) is 13.5. The highest BCUT2D eigenvalue weighted by Crippen LogP contribution is 2.18. The largest absolute Gasteiger partial charge is 0.450 e. The Labute approximate surface area is 131 Å². The van der Waals surface area contributed by atoms with Crippen molar-refractivity contribution in [1.29, 1.82) is 0 Å². The summed E-state index contributed by atoms with van der Waals surface area (Å²) in [6, 6.07) is 7.80. The minimum absolute atomic E-state index is 0.0401. The summed E-state index contributed by atoms with van der Waals surface area (Å²) in [5.41, 5.74) is 1.80. The van der Waals surface area contributed by atoms with Gasteiger partial charge in [0.05, 0.1) is 6.61 Å². The fraction of sp³-hybridized carbons (Fsp3) is 0.529. The highest BCUT2D eigenvalue weighted by atomic mass is 16.6. The lowest BCUT2D eigenvalue weighted by Gasteiger charge is -2.36. The molecule has 1 saturated heterocycles. The van der Waals surface area contributed by atoms with E-state index < -0.39 is 0 Å². The highest BCUT2D eigenvalue weighted by Gasteiger charge is 2.28. The van der Waals surface area contributed by atoms with Gasteiger partial charge in [-0.05, 0) is 38.8 Å². The molecule has 5 nitrogen and oxygen atoms in total. The summed E-state index contributed by atoms with van der Waals surface area (Å²) in [6.45, 7) is 5.45. The van der Waals surface area contributed by atoms with Crippen LogP contribution in [0.1, 0.15) is 35.7 Å². The topological polar surface area (TPSA) is 49.9 Å². The van der Waals surface area contributed by atoms with Gasteiger partial charge in [0.25, 0.3) is 5.91 Å². The van der Waals surface area contributed by atoms with E-state index in [0.29, 0.717) is 19.7 Å². The Balaban J connectivity index is 1.93. The number of nitrogens with zero attached hydrogens (tertiary/aromatic N) is 2. The van der Waals surface area contributed by atoms with Gasteiger partial charge in [0.15, 0.2) is 0 Å². The maximum Gasteiger partial charge on any atom is 0.409 e. The zero-order valence-electron chi connectivity index (χ0n) is 13.5. The predicted molar refractivity (Wildman–Crippen MR) is 84.9 cm³/mol. The molecule has 0 spiro atoms. The first kappa shape index (κ1) is 16.3. The number of carbonyl (C=O) groups is 2. The van der Waals surface area contributed by atoms with Gasteiger partial charge in [0.1, 0.15) is 0 Å². The molecule has 1 aliphatic heterocycles. The maximum atomic E-state index is 12.5. The molecule has 0 N–H and O–H groups in total. The van der Waals surface area contributed by atoms with Crippen LogP contribution in [0.2, 0.25) is 0 Å². The number of piperidine rings is 1.